The third-order valence-corrected chi connectivity index (χ3v) is 6.13. The molecular weight excluding hydrogens is 677 g/mol. The van der Waals surface area contributed by atoms with Gasteiger partial charge in [0.05, 0.1) is 19.8 Å². The van der Waals surface area contributed by atoms with Crippen LogP contribution < -0.4 is 10.2 Å². The van der Waals surface area contributed by atoms with Crippen LogP contribution in [0.15, 0.2) is 70.2 Å². The zero-order valence-electron chi connectivity index (χ0n) is 15.5. The van der Waals surface area contributed by atoms with Gasteiger partial charge in [-0.3, -0.25) is 4.79 Å². The average molecular weight is 693 g/mol. The molecule has 0 aliphatic heterocycles. The molecule has 154 valence electrons. The van der Waals surface area contributed by atoms with Crippen LogP contribution in [0.25, 0.3) is 0 Å². The number of rotatable bonds is 7. The second-order valence-corrected chi connectivity index (χ2v) is 9.57. The molecule has 1 amide bonds. The third kappa shape index (κ3) is 7.02. The van der Waals surface area contributed by atoms with Crippen molar-refractivity contribution in [1.82, 2.24) is 5.43 Å². The second-order valence-electron chi connectivity index (χ2n) is 6.33. The summed E-state index contributed by atoms with van der Waals surface area (Å²) < 4.78 is 21.9. The van der Waals surface area contributed by atoms with Crippen LogP contribution >= 0.6 is 61.1 Å². The molecule has 0 unspecified atom stereocenters. The van der Waals surface area contributed by atoms with Gasteiger partial charge in [0.15, 0.2) is 0 Å². The van der Waals surface area contributed by atoms with Crippen molar-refractivity contribution in [2.45, 2.75) is 13.0 Å². The summed E-state index contributed by atoms with van der Waals surface area (Å²) in [6.07, 6.45) is 1.72. The number of hydrogen-bond donors (Lipinski definition) is 1. The van der Waals surface area contributed by atoms with Crippen LogP contribution in [0.3, 0.4) is 0 Å². The largest absolute Gasteiger partial charge is 0.487 e. The van der Waals surface area contributed by atoms with E-state index < -0.39 is 0 Å². The van der Waals surface area contributed by atoms with E-state index in [1.54, 1.807) is 18.3 Å². The zero-order chi connectivity index (χ0) is 21.5. The Morgan fingerprint density at radius 2 is 1.63 bits per heavy atom. The Bertz CT molecular complexity index is 1030. The van der Waals surface area contributed by atoms with Crippen LogP contribution in [-0.4, -0.2) is 12.1 Å². The smallest absolute Gasteiger partial charge is 0.244 e. The van der Waals surface area contributed by atoms with E-state index in [-0.39, 0.29) is 18.1 Å². The summed E-state index contributed by atoms with van der Waals surface area (Å²) in [5.74, 6) is 0.221. The summed E-state index contributed by atoms with van der Waals surface area (Å²) in [6.45, 7) is 0.478. The number of nitrogens with one attached hydrogen (secondary N) is 1. The van der Waals surface area contributed by atoms with Gasteiger partial charge >= 0.3 is 0 Å². The van der Waals surface area contributed by atoms with Gasteiger partial charge in [-0.25, -0.2) is 9.82 Å². The number of hydrogen-bond acceptors (Lipinski definition) is 3. The number of carbonyl (C=O) groups is 1. The lowest BCUT2D eigenvalue weighted by molar-refractivity contribution is -0.120. The lowest BCUT2D eigenvalue weighted by Gasteiger charge is -2.11. The molecule has 0 fully saturated rings. The molecule has 8 heteroatoms. The lowest BCUT2D eigenvalue weighted by atomic mass is 10.1. The van der Waals surface area contributed by atoms with Crippen molar-refractivity contribution < 1.29 is 13.9 Å². The van der Waals surface area contributed by atoms with Crippen molar-refractivity contribution in [2.24, 2.45) is 5.10 Å². The molecule has 0 spiro atoms. The van der Waals surface area contributed by atoms with Gasteiger partial charge in [-0.2, -0.15) is 5.10 Å². The molecular formula is C22H16BrFI2N2O2. The van der Waals surface area contributed by atoms with Gasteiger partial charge in [0, 0.05) is 4.47 Å². The average Bonchev–Trinajstić information content (AvgIpc) is 2.70. The topological polar surface area (TPSA) is 50.7 Å². The second kappa shape index (κ2) is 11.2. The van der Waals surface area contributed by atoms with Gasteiger partial charge in [0.25, 0.3) is 0 Å². The fraction of sp³-hybridized carbons (Fsp3) is 0.0909. The SMILES string of the molecule is O=C(Cc1ccc(F)cc1)N/N=C/c1cc(I)c(OCc2ccc(Br)cc2)c(I)c1. The van der Waals surface area contributed by atoms with Gasteiger partial charge in [0.1, 0.15) is 18.2 Å². The number of amides is 1. The molecule has 0 saturated heterocycles. The third-order valence-electron chi connectivity index (χ3n) is 4.00. The molecule has 0 bridgehead atoms. The number of carbonyl (C=O) groups excluding carboxylic acids is 1. The van der Waals surface area contributed by atoms with Crippen LogP contribution in [0.4, 0.5) is 4.39 Å². The molecule has 0 aromatic heterocycles. The van der Waals surface area contributed by atoms with Crippen LogP contribution in [0, 0.1) is 13.0 Å². The Hall–Kier alpha value is -1.53. The van der Waals surface area contributed by atoms with Gasteiger partial charge in [-0.05, 0) is 98.3 Å². The van der Waals surface area contributed by atoms with Gasteiger partial charge < -0.3 is 4.74 Å². The number of nitrogens with zero attached hydrogens (tertiary/aromatic N) is 1. The van der Waals surface area contributed by atoms with E-state index in [9.17, 15) is 9.18 Å². The molecule has 3 rings (SSSR count). The highest BCUT2D eigenvalue weighted by Crippen LogP contribution is 2.29. The van der Waals surface area contributed by atoms with Gasteiger partial charge in [-0.1, -0.05) is 40.2 Å². The van der Waals surface area contributed by atoms with Crippen molar-refractivity contribution in [3.8, 4) is 5.75 Å². The maximum Gasteiger partial charge on any atom is 0.244 e. The summed E-state index contributed by atoms with van der Waals surface area (Å²) in [4.78, 5) is 12.0. The van der Waals surface area contributed by atoms with Crippen molar-refractivity contribution in [3.05, 3.63) is 94.8 Å². The Kier molecular flexibility index (Phi) is 8.63. The highest BCUT2D eigenvalue weighted by molar-refractivity contribution is 14.1. The molecule has 0 saturated carbocycles. The van der Waals surface area contributed by atoms with E-state index in [1.165, 1.54) is 12.1 Å². The molecule has 0 aliphatic carbocycles. The van der Waals surface area contributed by atoms with Crippen molar-refractivity contribution in [2.75, 3.05) is 0 Å². The standard InChI is InChI=1S/C22H16BrFI2N2O2/c23-17-5-1-15(2-6-17)13-30-22-19(25)9-16(10-20(22)26)12-27-28-21(29)11-14-3-7-18(24)8-4-14/h1-10,12H,11,13H2,(H,28,29)/b27-12+. The highest BCUT2D eigenvalue weighted by atomic mass is 127. The fourth-order valence-electron chi connectivity index (χ4n) is 2.53. The normalized spacial score (nSPS) is 10.9. The number of halogens is 4. The summed E-state index contributed by atoms with van der Waals surface area (Å²) >= 11 is 7.88. The Balaban J connectivity index is 1.57. The van der Waals surface area contributed by atoms with Crippen molar-refractivity contribution in [3.63, 3.8) is 0 Å². The summed E-state index contributed by atoms with van der Waals surface area (Å²) in [7, 11) is 0. The molecule has 1 N–H and O–H groups in total. The van der Waals surface area contributed by atoms with Crippen LogP contribution in [0.1, 0.15) is 16.7 Å². The first-order valence-electron chi connectivity index (χ1n) is 8.83. The minimum absolute atomic E-state index is 0.134. The molecule has 3 aromatic rings. The van der Waals surface area contributed by atoms with E-state index in [0.29, 0.717) is 6.61 Å². The lowest BCUT2D eigenvalue weighted by Crippen LogP contribution is -2.19. The Labute approximate surface area is 209 Å². The summed E-state index contributed by atoms with van der Waals surface area (Å²) in [6, 6.07) is 17.7. The van der Waals surface area contributed by atoms with Crippen LogP contribution in [-0.2, 0) is 17.8 Å². The zero-order valence-corrected chi connectivity index (χ0v) is 21.4. The molecule has 0 aliphatic rings. The number of hydrazone groups is 1. The monoisotopic (exact) mass is 692 g/mol. The molecule has 3 aromatic carbocycles. The van der Waals surface area contributed by atoms with E-state index in [0.717, 1.165) is 34.1 Å². The Morgan fingerprint density at radius 1 is 1.03 bits per heavy atom. The number of benzene rings is 3. The molecule has 0 heterocycles. The van der Waals surface area contributed by atoms with Crippen LogP contribution in [0.2, 0.25) is 0 Å². The number of ether oxygens (including phenoxy) is 1. The van der Waals surface area contributed by atoms with E-state index >= 15 is 0 Å². The van der Waals surface area contributed by atoms with E-state index in [4.69, 9.17) is 4.74 Å². The maximum atomic E-state index is 12.9. The summed E-state index contributed by atoms with van der Waals surface area (Å²) in [5, 5.41) is 4.02. The minimum Gasteiger partial charge on any atom is -0.487 e. The first kappa shape index (κ1) is 23.1. The van der Waals surface area contributed by atoms with Gasteiger partial charge in [0.2, 0.25) is 5.91 Å². The quantitative estimate of drug-likeness (QED) is 0.186. The fourth-order valence-corrected chi connectivity index (χ4v) is 4.93. The van der Waals surface area contributed by atoms with E-state index in [1.807, 2.05) is 36.4 Å². The first-order valence-corrected chi connectivity index (χ1v) is 11.8. The summed E-state index contributed by atoms with van der Waals surface area (Å²) in [5.41, 5.74) is 5.15. The predicted octanol–water partition coefficient (Wildman–Crippen LogP) is 6.07. The van der Waals surface area contributed by atoms with E-state index in [2.05, 4.69) is 71.6 Å². The van der Waals surface area contributed by atoms with Crippen molar-refractivity contribution in [1.29, 1.82) is 0 Å². The molecule has 0 atom stereocenters. The van der Waals surface area contributed by atoms with Crippen LogP contribution in [0.5, 0.6) is 5.75 Å². The Morgan fingerprint density at radius 3 is 2.27 bits per heavy atom. The highest BCUT2D eigenvalue weighted by Gasteiger charge is 2.09. The first-order chi connectivity index (χ1) is 14.4. The van der Waals surface area contributed by atoms with Gasteiger partial charge in [-0.15, -0.1) is 0 Å². The molecule has 30 heavy (non-hydrogen) atoms. The molecule has 0 radical (unpaired) electrons. The van der Waals surface area contributed by atoms with Crippen molar-refractivity contribution >= 4 is 73.2 Å². The maximum absolute atomic E-state index is 12.9. The molecule has 4 nitrogen and oxygen atoms in total. The predicted molar refractivity (Wildman–Crippen MR) is 136 cm³/mol. The minimum atomic E-state index is -0.328.